The molecule has 1 atom stereocenters. The molecule has 0 aromatic rings. The smallest absolute Gasteiger partial charge is 0.225 e. The van der Waals surface area contributed by atoms with E-state index in [0.29, 0.717) is 26.1 Å². The Hall–Kier alpha value is -1.10. The maximum Gasteiger partial charge on any atom is 0.225 e. The molecule has 0 aromatic heterocycles. The SMILES string of the molecule is CCC(=O)N1CCCN(C(=O)C(C)CCN)CC1. The van der Waals surface area contributed by atoms with Crippen molar-refractivity contribution in [3.63, 3.8) is 0 Å². The number of hydrogen-bond acceptors (Lipinski definition) is 3. The minimum absolute atomic E-state index is 0.0107. The molecule has 1 aliphatic rings. The van der Waals surface area contributed by atoms with Crippen LogP contribution >= 0.6 is 0 Å². The van der Waals surface area contributed by atoms with Gasteiger partial charge in [-0.1, -0.05) is 13.8 Å². The summed E-state index contributed by atoms with van der Waals surface area (Å²) in [6.45, 7) is 7.17. The first-order chi connectivity index (χ1) is 8.60. The summed E-state index contributed by atoms with van der Waals surface area (Å²) in [5, 5.41) is 0. The molecule has 5 heteroatoms. The van der Waals surface area contributed by atoms with Gasteiger partial charge in [0.1, 0.15) is 0 Å². The van der Waals surface area contributed by atoms with Gasteiger partial charge in [-0.05, 0) is 19.4 Å². The van der Waals surface area contributed by atoms with E-state index in [2.05, 4.69) is 0 Å². The summed E-state index contributed by atoms with van der Waals surface area (Å²) >= 11 is 0. The highest BCUT2D eigenvalue weighted by Gasteiger charge is 2.23. The zero-order valence-corrected chi connectivity index (χ0v) is 11.5. The third-order valence-corrected chi connectivity index (χ3v) is 3.48. The van der Waals surface area contributed by atoms with E-state index in [1.807, 2.05) is 23.6 Å². The zero-order valence-electron chi connectivity index (χ0n) is 11.5. The summed E-state index contributed by atoms with van der Waals surface area (Å²) in [7, 11) is 0. The van der Waals surface area contributed by atoms with Gasteiger partial charge in [-0.2, -0.15) is 0 Å². The molecule has 1 saturated heterocycles. The highest BCUT2D eigenvalue weighted by molar-refractivity contribution is 5.79. The molecule has 0 aliphatic carbocycles. The molecule has 1 fully saturated rings. The molecule has 2 amide bonds. The van der Waals surface area contributed by atoms with Crippen molar-refractivity contribution in [2.24, 2.45) is 11.7 Å². The molecule has 104 valence electrons. The number of amides is 2. The lowest BCUT2D eigenvalue weighted by Gasteiger charge is -2.24. The van der Waals surface area contributed by atoms with Crippen molar-refractivity contribution in [1.82, 2.24) is 9.80 Å². The first kappa shape index (κ1) is 15.0. The standard InChI is InChI=1S/C13H25N3O2/c1-3-12(17)15-7-4-8-16(10-9-15)13(18)11(2)5-6-14/h11H,3-10,14H2,1-2H3. The second-order valence-electron chi connectivity index (χ2n) is 4.89. The van der Waals surface area contributed by atoms with Crippen molar-refractivity contribution >= 4 is 11.8 Å². The van der Waals surface area contributed by atoms with Crippen LogP contribution in [0.4, 0.5) is 0 Å². The van der Waals surface area contributed by atoms with Gasteiger partial charge in [-0.25, -0.2) is 0 Å². The third-order valence-electron chi connectivity index (χ3n) is 3.48. The summed E-state index contributed by atoms with van der Waals surface area (Å²) in [5.74, 6) is 0.342. The van der Waals surface area contributed by atoms with Crippen molar-refractivity contribution in [3.05, 3.63) is 0 Å². The molecule has 1 rings (SSSR count). The van der Waals surface area contributed by atoms with Crippen molar-refractivity contribution in [1.29, 1.82) is 0 Å². The summed E-state index contributed by atoms with van der Waals surface area (Å²) in [6.07, 6.45) is 2.14. The van der Waals surface area contributed by atoms with E-state index in [4.69, 9.17) is 5.73 Å². The summed E-state index contributed by atoms with van der Waals surface area (Å²) in [6, 6.07) is 0. The van der Waals surface area contributed by atoms with Gasteiger partial charge in [0.2, 0.25) is 11.8 Å². The van der Waals surface area contributed by atoms with Crippen LogP contribution in [-0.4, -0.2) is 54.3 Å². The maximum absolute atomic E-state index is 12.2. The summed E-state index contributed by atoms with van der Waals surface area (Å²) in [4.78, 5) is 27.5. The van der Waals surface area contributed by atoms with Crippen molar-refractivity contribution < 1.29 is 9.59 Å². The van der Waals surface area contributed by atoms with Gasteiger partial charge < -0.3 is 15.5 Å². The van der Waals surface area contributed by atoms with Gasteiger partial charge in [0.25, 0.3) is 0 Å². The Morgan fingerprint density at radius 2 is 1.78 bits per heavy atom. The average Bonchev–Trinajstić information content (AvgIpc) is 2.63. The lowest BCUT2D eigenvalue weighted by molar-refractivity contribution is -0.136. The van der Waals surface area contributed by atoms with Gasteiger partial charge in [-0.15, -0.1) is 0 Å². The van der Waals surface area contributed by atoms with Crippen LogP contribution in [0.15, 0.2) is 0 Å². The molecule has 0 radical (unpaired) electrons. The van der Waals surface area contributed by atoms with Crippen molar-refractivity contribution in [2.75, 3.05) is 32.7 Å². The Kier molecular flexibility index (Phi) is 6.12. The van der Waals surface area contributed by atoms with E-state index < -0.39 is 0 Å². The van der Waals surface area contributed by atoms with Gasteiger partial charge in [0.15, 0.2) is 0 Å². The van der Waals surface area contributed by atoms with Crippen LogP contribution in [0.25, 0.3) is 0 Å². The van der Waals surface area contributed by atoms with Crippen LogP contribution in [0.2, 0.25) is 0 Å². The first-order valence-electron chi connectivity index (χ1n) is 6.86. The summed E-state index contributed by atoms with van der Waals surface area (Å²) in [5.41, 5.74) is 5.48. The molecule has 0 saturated carbocycles. The minimum atomic E-state index is -0.0107. The van der Waals surface area contributed by atoms with Crippen molar-refractivity contribution in [2.45, 2.75) is 33.1 Å². The number of carbonyl (C=O) groups excluding carboxylic acids is 2. The van der Waals surface area contributed by atoms with E-state index in [9.17, 15) is 9.59 Å². The number of hydrogen-bond donors (Lipinski definition) is 1. The maximum atomic E-state index is 12.2. The molecular weight excluding hydrogens is 230 g/mol. The Morgan fingerprint density at radius 3 is 2.39 bits per heavy atom. The molecule has 0 bridgehead atoms. The Morgan fingerprint density at radius 1 is 1.17 bits per heavy atom. The van der Waals surface area contributed by atoms with E-state index in [-0.39, 0.29) is 17.7 Å². The lowest BCUT2D eigenvalue weighted by atomic mass is 10.1. The van der Waals surface area contributed by atoms with E-state index in [0.717, 1.165) is 25.9 Å². The second kappa shape index (κ2) is 7.36. The fourth-order valence-electron chi connectivity index (χ4n) is 2.30. The van der Waals surface area contributed by atoms with Gasteiger partial charge >= 0.3 is 0 Å². The Bertz CT molecular complexity index is 294. The topological polar surface area (TPSA) is 66.6 Å². The highest BCUT2D eigenvalue weighted by Crippen LogP contribution is 2.11. The van der Waals surface area contributed by atoms with Crippen LogP contribution in [0.3, 0.4) is 0 Å². The van der Waals surface area contributed by atoms with Gasteiger partial charge in [0, 0.05) is 38.5 Å². The molecule has 2 N–H and O–H groups in total. The number of rotatable bonds is 4. The molecule has 18 heavy (non-hydrogen) atoms. The van der Waals surface area contributed by atoms with Crippen LogP contribution in [0.5, 0.6) is 0 Å². The van der Waals surface area contributed by atoms with Gasteiger partial charge in [-0.3, -0.25) is 9.59 Å². The molecule has 0 spiro atoms. The van der Waals surface area contributed by atoms with E-state index >= 15 is 0 Å². The monoisotopic (exact) mass is 255 g/mol. The Labute approximate surface area is 109 Å². The normalized spacial score (nSPS) is 18.4. The largest absolute Gasteiger partial charge is 0.341 e. The number of carbonyl (C=O) groups is 2. The third kappa shape index (κ3) is 3.98. The zero-order chi connectivity index (χ0) is 13.5. The Balaban J connectivity index is 2.51. The van der Waals surface area contributed by atoms with Gasteiger partial charge in [0.05, 0.1) is 0 Å². The molecule has 1 aliphatic heterocycles. The predicted octanol–water partition coefficient (Wildman–Crippen LogP) is 0.442. The van der Waals surface area contributed by atoms with Crippen LogP contribution in [0, 0.1) is 5.92 Å². The highest BCUT2D eigenvalue weighted by atomic mass is 16.2. The van der Waals surface area contributed by atoms with E-state index in [1.165, 1.54) is 0 Å². The van der Waals surface area contributed by atoms with Crippen LogP contribution in [0.1, 0.15) is 33.1 Å². The lowest BCUT2D eigenvalue weighted by Crippen LogP contribution is -2.39. The molecule has 0 aromatic carbocycles. The van der Waals surface area contributed by atoms with E-state index in [1.54, 1.807) is 0 Å². The fraction of sp³-hybridized carbons (Fsp3) is 0.846. The predicted molar refractivity (Wildman–Crippen MR) is 70.9 cm³/mol. The molecular formula is C13H25N3O2. The summed E-state index contributed by atoms with van der Waals surface area (Å²) < 4.78 is 0. The molecule has 5 nitrogen and oxygen atoms in total. The molecule has 1 heterocycles. The minimum Gasteiger partial charge on any atom is -0.341 e. The van der Waals surface area contributed by atoms with Crippen LogP contribution < -0.4 is 5.73 Å². The first-order valence-corrected chi connectivity index (χ1v) is 6.86. The molecule has 1 unspecified atom stereocenters. The second-order valence-corrected chi connectivity index (χ2v) is 4.89. The van der Waals surface area contributed by atoms with Crippen molar-refractivity contribution in [3.8, 4) is 0 Å². The number of nitrogens with two attached hydrogens (primary N) is 1. The average molecular weight is 255 g/mol. The fourth-order valence-corrected chi connectivity index (χ4v) is 2.30. The quantitative estimate of drug-likeness (QED) is 0.793. The number of nitrogens with zero attached hydrogens (tertiary/aromatic N) is 2. The van der Waals surface area contributed by atoms with Crippen LogP contribution in [-0.2, 0) is 9.59 Å².